The van der Waals surface area contributed by atoms with Gasteiger partial charge in [-0.25, -0.2) is 4.79 Å². The standard InChI is InChI=1S/C20H25N3O2S/c24-18(23-20(25)22-16-10-5-2-6-11-16)14-21-19(17-12-7-13-26-17)15-8-3-1-4-9-15/h1,3-4,7-9,12-13,16,19,21H,2,5-6,10-11,14H2,(H2,22,23,24,25)/t19-/m0/s1. The highest BCUT2D eigenvalue weighted by atomic mass is 32.1. The van der Waals surface area contributed by atoms with Crippen molar-refractivity contribution in [3.63, 3.8) is 0 Å². The van der Waals surface area contributed by atoms with Crippen LogP contribution in [0.15, 0.2) is 47.8 Å². The zero-order valence-corrected chi connectivity index (χ0v) is 15.6. The Bertz CT molecular complexity index is 697. The van der Waals surface area contributed by atoms with Crippen molar-refractivity contribution in [2.45, 2.75) is 44.2 Å². The van der Waals surface area contributed by atoms with Crippen molar-refractivity contribution in [3.05, 3.63) is 58.3 Å². The summed E-state index contributed by atoms with van der Waals surface area (Å²) in [5.41, 5.74) is 1.09. The minimum atomic E-state index is -0.393. The van der Waals surface area contributed by atoms with E-state index in [4.69, 9.17) is 0 Å². The lowest BCUT2D eigenvalue weighted by Gasteiger charge is -2.23. The maximum atomic E-state index is 12.2. The van der Waals surface area contributed by atoms with Crippen LogP contribution >= 0.6 is 11.3 Å². The molecule has 1 atom stereocenters. The van der Waals surface area contributed by atoms with Crippen molar-refractivity contribution < 1.29 is 9.59 Å². The molecule has 1 saturated carbocycles. The summed E-state index contributed by atoms with van der Waals surface area (Å²) in [5, 5.41) is 10.6. The van der Waals surface area contributed by atoms with E-state index < -0.39 is 6.03 Å². The molecule has 3 rings (SSSR count). The van der Waals surface area contributed by atoms with Crippen LogP contribution in [-0.2, 0) is 4.79 Å². The van der Waals surface area contributed by atoms with Gasteiger partial charge in [-0.3, -0.25) is 15.4 Å². The van der Waals surface area contributed by atoms with Crippen molar-refractivity contribution in [3.8, 4) is 0 Å². The van der Waals surface area contributed by atoms with Gasteiger partial charge in [-0.05, 0) is 29.9 Å². The molecule has 0 radical (unpaired) electrons. The predicted octanol–water partition coefficient (Wildman–Crippen LogP) is 3.59. The number of nitrogens with one attached hydrogen (secondary N) is 3. The molecule has 0 bridgehead atoms. The van der Waals surface area contributed by atoms with E-state index in [9.17, 15) is 9.59 Å². The van der Waals surface area contributed by atoms with Crippen LogP contribution in [0.2, 0.25) is 0 Å². The number of rotatable bonds is 6. The van der Waals surface area contributed by atoms with Gasteiger partial charge in [-0.15, -0.1) is 11.3 Å². The van der Waals surface area contributed by atoms with Gasteiger partial charge in [0.2, 0.25) is 5.91 Å². The van der Waals surface area contributed by atoms with Gasteiger partial charge < -0.3 is 5.32 Å². The molecular formula is C20H25N3O2S. The summed E-state index contributed by atoms with van der Waals surface area (Å²) in [6.45, 7) is 0.0789. The summed E-state index contributed by atoms with van der Waals surface area (Å²) >= 11 is 1.64. The van der Waals surface area contributed by atoms with E-state index in [2.05, 4.69) is 16.0 Å². The molecule has 1 aliphatic rings. The number of benzene rings is 1. The third-order valence-corrected chi connectivity index (χ3v) is 5.56. The van der Waals surface area contributed by atoms with Gasteiger partial charge in [0, 0.05) is 10.9 Å². The SMILES string of the molecule is O=C(CN[C@@H](c1ccccc1)c1cccs1)NC(=O)NC1CCCCC1. The Labute approximate surface area is 158 Å². The summed E-state index contributed by atoms with van der Waals surface area (Å²) in [6, 6.07) is 13.8. The maximum absolute atomic E-state index is 12.2. The van der Waals surface area contributed by atoms with Crippen LogP contribution in [0, 0.1) is 0 Å². The molecular weight excluding hydrogens is 346 g/mol. The van der Waals surface area contributed by atoms with Crippen molar-refractivity contribution in [2.24, 2.45) is 0 Å². The molecule has 3 N–H and O–H groups in total. The minimum Gasteiger partial charge on any atom is -0.335 e. The van der Waals surface area contributed by atoms with Crippen molar-refractivity contribution in [2.75, 3.05) is 6.54 Å². The molecule has 0 aliphatic heterocycles. The number of carbonyl (C=O) groups is 2. The Kier molecular flexibility index (Phi) is 6.80. The number of imide groups is 1. The number of amides is 3. The van der Waals surface area contributed by atoms with Gasteiger partial charge >= 0.3 is 6.03 Å². The molecule has 1 heterocycles. The van der Waals surface area contributed by atoms with Crippen molar-refractivity contribution in [1.29, 1.82) is 0 Å². The smallest absolute Gasteiger partial charge is 0.321 e. The molecule has 0 spiro atoms. The van der Waals surface area contributed by atoms with Gasteiger partial charge in [0.15, 0.2) is 0 Å². The van der Waals surface area contributed by atoms with Crippen LogP contribution in [-0.4, -0.2) is 24.5 Å². The quantitative estimate of drug-likeness (QED) is 0.727. The molecule has 1 aliphatic carbocycles. The number of carbonyl (C=O) groups excluding carboxylic acids is 2. The lowest BCUT2D eigenvalue weighted by Crippen LogP contribution is -2.47. The first-order valence-electron chi connectivity index (χ1n) is 9.14. The normalized spacial score (nSPS) is 16.0. The molecule has 1 aromatic heterocycles. The Morgan fingerprint density at radius 3 is 2.50 bits per heavy atom. The van der Waals surface area contributed by atoms with Crippen LogP contribution in [0.25, 0.3) is 0 Å². The zero-order chi connectivity index (χ0) is 18.2. The van der Waals surface area contributed by atoms with Crippen LogP contribution in [0.1, 0.15) is 48.6 Å². The van der Waals surface area contributed by atoms with Gasteiger partial charge in [0.25, 0.3) is 0 Å². The molecule has 2 aromatic rings. The van der Waals surface area contributed by atoms with E-state index in [1.807, 2.05) is 47.8 Å². The summed E-state index contributed by atoms with van der Waals surface area (Å²) in [5.74, 6) is -0.323. The average Bonchev–Trinajstić information content (AvgIpc) is 3.18. The maximum Gasteiger partial charge on any atom is 0.321 e. The van der Waals surface area contributed by atoms with Crippen LogP contribution < -0.4 is 16.0 Å². The molecule has 26 heavy (non-hydrogen) atoms. The highest BCUT2D eigenvalue weighted by Gasteiger charge is 2.19. The summed E-state index contributed by atoms with van der Waals surface area (Å²) in [6.07, 6.45) is 5.49. The lowest BCUT2D eigenvalue weighted by atomic mass is 9.96. The lowest BCUT2D eigenvalue weighted by molar-refractivity contribution is -0.119. The zero-order valence-electron chi connectivity index (χ0n) is 14.7. The third-order valence-electron chi connectivity index (χ3n) is 4.62. The largest absolute Gasteiger partial charge is 0.335 e. The van der Waals surface area contributed by atoms with Crippen molar-refractivity contribution >= 4 is 23.3 Å². The molecule has 3 amide bonds. The van der Waals surface area contributed by atoms with E-state index in [-0.39, 0.29) is 24.5 Å². The van der Waals surface area contributed by atoms with Gasteiger partial charge in [0.05, 0.1) is 12.6 Å². The number of hydrogen-bond donors (Lipinski definition) is 3. The molecule has 1 aromatic carbocycles. The Morgan fingerprint density at radius 1 is 1.04 bits per heavy atom. The molecule has 138 valence electrons. The average molecular weight is 372 g/mol. The summed E-state index contributed by atoms with van der Waals surface area (Å²) in [7, 11) is 0. The fourth-order valence-electron chi connectivity index (χ4n) is 3.32. The number of hydrogen-bond acceptors (Lipinski definition) is 4. The second-order valence-corrected chi connectivity index (χ2v) is 7.58. The fourth-order valence-corrected chi connectivity index (χ4v) is 4.14. The summed E-state index contributed by atoms with van der Waals surface area (Å²) < 4.78 is 0. The van der Waals surface area contributed by atoms with Gasteiger partial charge in [-0.2, -0.15) is 0 Å². The van der Waals surface area contributed by atoms with E-state index in [0.717, 1.165) is 36.1 Å². The highest BCUT2D eigenvalue weighted by Crippen LogP contribution is 2.25. The van der Waals surface area contributed by atoms with Gasteiger partial charge in [0.1, 0.15) is 0 Å². The van der Waals surface area contributed by atoms with Gasteiger partial charge in [-0.1, -0.05) is 55.7 Å². The van der Waals surface area contributed by atoms with Crippen LogP contribution in [0.5, 0.6) is 0 Å². The van der Waals surface area contributed by atoms with Crippen molar-refractivity contribution in [1.82, 2.24) is 16.0 Å². The number of urea groups is 1. The van der Waals surface area contributed by atoms with E-state index in [0.29, 0.717) is 0 Å². The molecule has 0 unspecified atom stereocenters. The first-order chi connectivity index (χ1) is 12.7. The van der Waals surface area contributed by atoms with E-state index >= 15 is 0 Å². The highest BCUT2D eigenvalue weighted by molar-refractivity contribution is 7.10. The molecule has 1 fully saturated rings. The molecule has 6 heteroatoms. The Hall–Kier alpha value is -2.18. The van der Waals surface area contributed by atoms with E-state index in [1.54, 1.807) is 11.3 Å². The predicted molar refractivity (Wildman–Crippen MR) is 104 cm³/mol. The molecule has 0 saturated heterocycles. The summed E-state index contributed by atoms with van der Waals surface area (Å²) in [4.78, 5) is 25.3. The number of thiophene rings is 1. The monoisotopic (exact) mass is 371 g/mol. The fraction of sp³-hybridized carbons (Fsp3) is 0.400. The van der Waals surface area contributed by atoms with Crippen LogP contribution in [0.4, 0.5) is 4.79 Å². The second kappa shape index (κ2) is 9.50. The molecule has 5 nitrogen and oxygen atoms in total. The topological polar surface area (TPSA) is 70.2 Å². The Balaban J connectivity index is 1.52. The third kappa shape index (κ3) is 5.41. The van der Waals surface area contributed by atoms with E-state index in [1.165, 1.54) is 6.42 Å². The minimum absolute atomic E-state index is 0.0663. The first-order valence-corrected chi connectivity index (χ1v) is 10.0. The Morgan fingerprint density at radius 2 is 1.81 bits per heavy atom. The second-order valence-electron chi connectivity index (χ2n) is 6.60. The van der Waals surface area contributed by atoms with Crippen LogP contribution in [0.3, 0.4) is 0 Å². The first kappa shape index (κ1) is 18.6.